The molecule has 3 nitrogen and oxygen atoms in total. The first-order valence-corrected chi connectivity index (χ1v) is 6.78. The van der Waals surface area contributed by atoms with E-state index in [-0.39, 0.29) is 6.04 Å². The number of fused-ring (bicyclic) bond motifs is 1. The molecule has 3 rings (SSSR count). The minimum absolute atomic E-state index is 0.0730. The van der Waals surface area contributed by atoms with Gasteiger partial charge in [0.25, 0.3) is 0 Å². The number of nitrogens with zero attached hydrogens (tertiary/aromatic N) is 1. The van der Waals surface area contributed by atoms with E-state index in [4.69, 9.17) is 10.5 Å². The average Bonchev–Trinajstić information content (AvgIpc) is 2.70. The van der Waals surface area contributed by atoms with Crippen LogP contribution in [0.15, 0.2) is 24.3 Å². The largest absolute Gasteiger partial charge is 0.492 e. The van der Waals surface area contributed by atoms with Gasteiger partial charge in [-0.3, -0.25) is 4.90 Å². The lowest BCUT2D eigenvalue weighted by Crippen LogP contribution is -2.48. The zero-order chi connectivity index (χ0) is 12.8. The SMILES string of the molecule is CC1(C)CCN(C2COc3ccccc3C2N)C1. The standard InChI is InChI=1S/C15H22N2O/c1-15(2)7-8-17(10-15)12-9-18-13-6-4-3-5-11(13)14(12)16/h3-6,12,14H,7-10,16H2,1-2H3. The molecule has 2 unspecified atom stereocenters. The van der Waals surface area contributed by atoms with Crippen molar-refractivity contribution < 1.29 is 4.74 Å². The molecule has 2 atom stereocenters. The van der Waals surface area contributed by atoms with Crippen LogP contribution in [-0.4, -0.2) is 30.6 Å². The Morgan fingerprint density at radius 3 is 2.83 bits per heavy atom. The van der Waals surface area contributed by atoms with Crippen molar-refractivity contribution in [2.24, 2.45) is 11.1 Å². The highest BCUT2D eigenvalue weighted by Gasteiger charge is 2.38. The molecule has 0 aromatic heterocycles. The molecule has 2 aliphatic heterocycles. The van der Waals surface area contributed by atoms with Crippen LogP contribution >= 0.6 is 0 Å². The lowest BCUT2D eigenvalue weighted by atomic mass is 9.92. The van der Waals surface area contributed by atoms with Gasteiger partial charge < -0.3 is 10.5 Å². The Morgan fingerprint density at radius 2 is 2.11 bits per heavy atom. The maximum Gasteiger partial charge on any atom is 0.124 e. The second-order valence-electron chi connectivity index (χ2n) is 6.33. The molecule has 0 saturated carbocycles. The molecule has 1 saturated heterocycles. The van der Waals surface area contributed by atoms with Gasteiger partial charge in [0, 0.05) is 12.1 Å². The Balaban J connectivity index is 1.81. The Kier molecular flexibility index (Phi) is 2.83. The summed E-state index contributed by atoms with van der Waals surface area (Å²) in [7, 11) is 0. The molecule has 3 heteroatoms. The van der Waals surface area contributed by atoms with Crippen molar-refractivity contribution in [2.75, 3.05) is 19.7 Å². The molecule has 0 radical (unpaired) electrons. The molecule has 1 fully saturated rings. The number of likely N-dealkylation sites (tertiary alicyclic amines) is 1. The van der Waals surface area contributed by atoms with E-state index in [0.717, 1.165) is 24.4 Å². The van der Waals surface area contributed by atoms with Gasteiger partial charge in [-0.25, -0.2) is 0 Å². The Labute approximate surface area is 109 Å². The maximum atomic E-state index is 6.44. The molecule has 98 valence electrons. The van der Waals surface area contributed by atoms with E-state index in [2.05, 4.69) is 24.8 Å². The van der Waals surface area contributed by atoms with Crippen LogP contribution in [0.1, 0.15) is 31.9 Å². The number of benzene rings is 1. The van der Waals surface area contributed by atoms with Gasteiger partial charge >= 0.3 is 0 Å². The fourth-order valence-corrected chi connectivity index (χ4v) is 3.14. The summed E-state index contributed by atoms with van der Waals surface area (Å²) in [4.78, 5) is 2.50. The van der Waals surface area contributed by atoms with Gasteiger partial charge in [0.05, 0.1) is 12.1 Å². The number of nitrogens with two attached hydrogens (primary N) is 1. The van der Waals surface area contributed by atoms with E-state index < -0.39 is 0 Å². The summed E-state index contributed by atoms with van der Waals surface area (Å²) in [6.07, 6.45) is 1.25. The van der Waals surface area contributed by atoms with Crippen LogP contribution in [0.4, 0.5) is 0 Å². The van der Waals surface area contributed by atoms with E-state index in [0.29, 0.717) is 18.1 Å². The van der Waals surface area contributed by atoms with E-state index in [1.165, 1.54) is 6.42 Å². The molecule has 2 N–H and O–H groups in total. The van der Waals surface area contributed by atoms with Crippen LogP contribution in [0.5, 0.6) is 5.75 Å². The minimum atomic E-state index is 0.0730. The van der Waals surface area contributed by atoms with Gasteiger partial charge in [0.2, 0.25) is 0 Å². The summed E-state index contributed by atoms with van der Waals surface area (Å²) >= 11 is 0. The first kappa shape index (κ1) is 12.0. The smallest absolute Gasteiger partial charge is 0.124 e. The molecule has 18 heavy (non-hydrogen) atoms. The van der Waals surface area contributed by atoms with Gasteiger partial charge in [-0.15, -0.1) is 0 Å². The van der Waals surface area contributed by atoms with Gasteiger partial charge in [0.1, 0.15) is 12.4 Å². The number of ether oxygens (including phenoxy) is 1. The van der Waals surface area contributed by atoms with Crippen molar-refractivity contribution >= 4 is 0 Å². The van der Waals surface area contributed by atoms with Crippen molar-refractivity contribution in [3.63, 3.8) is 0 Å². The highest BCUT2D eigenvalue weighted by molar-refractivity contribution is 5.38. The summed E-state index contributed by atoms with van der Waals surface area (Å²) in [5.41, 5.74) is 8.00. The summed E-state index contributed by atoms with van der Waals surface area (Å²) in [6.45, 7) is 7.63. The zero-order valence-corrected chi connectivity index (χ0v) is 11.2. The van der Waals surface area contributed by atoms with Crippen LogP contribution in [0, 0.1) is 5.41 Å². The molecular formula is C15H22N2O. The normalized spacial score (nSPS) is 30.8. The van der Waals surface area contributed by atoms with Crippen LogP contribution in [-0.2, 0) is 0 Å². The highest BCUT2D eigenvalue weighted by Crippen LogP contribution is 2.37. The maximum absolute atomic E-state index is 6.44. The van der Waals surface area contributed by atoms with Gasteiger partial charge in [0.15, 0.2) is 0 Å². The molecule has 0 spiro atoms. The van der Waals surface area contributed by atoms with E-state index in [9.17, 15) is 0 Å². The molecule has 1 aromatic rings. The molecule has 2 heterocycles. The third kappa shape index (κ3) is 2.02. The van der Waals surface area contributed by atoms with Crippen LogP contribution < -0.4 is 10.5 Å². The molecule has 0 amide bonds. The van der Waals surface area contributed by atoms with E-state index >= 15 is 0 Å². The molecule has 2 aliphatic rings. The number of rotatable bonds is 1. The second-order valence-corrected chi connectivity index (χ2v) is 6.33. The Hall–Kier alpha value is -1.06. The zero-order valence-electron chi connectivity index (χ0n) is 11.2. The Morgan fingerprint density at radius 1 is 1.33 bits per heavy atom. The summed E-state index contributed by atoms with van der Waals surface area (Å²) < 4.78 is 5.87. The summed E-state index contributed by atoms with van der Waals surface area (Å²) in [6, 6.07) is 8.54. The highest BCUT2D eigenvalue weighted by atomic mass is 16.5. The third-order valence-electron chi connectivity index (χ3n) is 4.28. The fraction of sp³-hybridized carbons (Fsp3) is 0.600. The molecule has 0 aliphatic carbocycles. The minimum Gasteiger partial charge on any atom is -0.492 e. The van der Waals surface area contributed by atoms with Crippen molar-refractivity contribution in [1.29, 1.82) is 0 Å². The van der Waals surface area contributed by atoms with E-state index in [1.807, 2.05) is 18.2 Å². The third-order valence-corrected chi connectivity index (χ3v) is 4.28. The molecule has 0 bridgehead atoms. The number of hydrogen-bond donors (Lipinski definition) is 1. The van der Waals surface area contributed by atoms with Crippen LogP contribution in [0.3, 0.4) is 0 Å². The van der Waals surface area contributed by atoms with Gasteiger partial charge in [-0.05, 0) is 24.4 Å². The quantitative estimate of drug-likeness (QED) is 0.825. The monoisotopic (exact) mass is 246 g/mol. The fourth-order valence-electron chi connectivity index (χ4n) is 3.14. The number of para-hydroxylation sites is 1. The summed E-state index contributed by atoms with van der Waals surface area (Å²) in [5, 5.41) is 0. The average molecular weight is 246 g/mol. The molecular weight excluding hydrogens is 224 g/mol. The number of hydrogen-bond acceptors (Lipinski definition) is 3. The van der Waals surface area contributed by atoms with Crippen molar-refractivity contribution in [1.82, 2.24) is 4.90 Å². The van der Waals surface area contributed by atoms with Crippen molar-refractivity contribution in [2.45, 2.75) is 32.4 Å². The Bertz CT molecular complexity index is 444. The predicted octanol–water partition coefficient (Wildman–Crippen LogP) is 2.18. The predicted molar refractivity (Wildman–Crippen MR) is 72.6 cm³/mol. The van der Waals surface area contributed by atoms with Gasteiger partial charge in [-0.1, -0.05) is 32.0 Å². The van der Waals surface area contributed by atoms with Gasteiger partial charge in [-0.2, -0.15) is 0 Å². The summed E-state index contributed by atoms with van der Waals surface area (Å²) in [5.74, 6) is 0.958. The molecule has 1 aromatic carbocycles. The lowest BCUT2D eigenvalue weighted by molar-refractivity contribution is 0.110. The topological polar surface area (TPSA) is 38.5 Å². The first-order chi connectivity index (χ1) is 8.57. The first-order valence-electron chi connectivity index (χ1n) is 6.78. The van der Waals surface area contributed by atoms with Crippen LogP contribution in [0.25, 0.3) is 0 Å². The van der Waals surface area contributed by atoms with E-state index in [1.54, 1.807) is 0 Å². The second kappa shape index (κ2) is 4.25. The van der Waals surface area contributed by atoms with Crippen molar-refractivity contribution in [3.8, 4) is 5.75 Å². The van der Waals surface area contributed by atoms with Crippen molar-refractivity contribution in [3.05, 3.63) is 29.8 Å². The lowest BCUT2D eigenvalue weighted by Gasteiger charge is -2.37. The van der Waals surface area contributed by atoms with Crippen LogP contribution in [0.2, 0.25) is 0 Å².